The van der Waals surface area contributed by atoms with Gasteiger partial charge < -0.3 is 4.74 Å². The highest BCUT2D eigenvalue weighted by atomic mass is 79.9. The first-order valence-electron chi connectivity index (χ1n) is 6.92. The van der Waals surface area contributed by atoms with Crippen molar-refractivity contribution in [1.82, 2.24) is 4.90 Å². The lowest BCUT2D eigenvalue weighted by Gasteiger charge is -2.19. The quantitative estimate of drug-likeness (QED) is 0.485. The average Bonchev–Trinajstić information content (AvgIpc) is 2.37. The molecule has 0 fully saturated rings. The zero-order chi connectivity index (χ0) is 15.0. The molecule has 0 bridgehead atoms. The molecule has 0 unspecified atom stereocenters. The van der Waals surface area contributed by atoms with Crippen molar-refractivity contribution in [1.29, 1.82) is 0 Å². The predicted octanol–water partition coefficient (Wildman–Crippen LogP) is 4.51. The molecule has 20 heavy (non-hydrogen) atoms. The fourth-order valence-corrected chi connectivity index (χ4v) is 2.96. The topological polar surface area (TPSA) is 12.5 Å². The molecule has 0 heterocycles. The Morgan fingerprint density at radius 2 is 1.85 bits per heavy atom. The molecular formula is C17H24BrNO. The van der Waals surface area contributed by atoms with Crippen molar-refractivity contribution < 1.29 is 4.74 Å². The van der Waals surface area contributed by atoms with Crippen LogP contribution in [0.15, 0.2) is 41.9 Å². The molecule has 0 atom stereocenters. The average molecular weight is 338 g/mol. The standard InChI is InChI=1S/C17H24BrNO/c1-5-8-19(9-6-2)10-7-11-20-17-15(4)12-14(3)13-16(17)18/h5-6,12-13H,1-2,7-11H2,3-4H3. The maximum absolute atomic E-state index is 5.90. The van der Waals surface area contributed by atoms with Crippen LogP contribution < -0.4 is 4.74 Å². The van der Waals surface area contributed by atoms with E-state index < -0.39 is 0 Å². The van der Waals surface area contributed by atoms with E-state index in [0.717, 1.165) is 36.3 Å². The SMILES string of the molecule is C=CCN(CC=C)CCCOc1c(C)cc(C)cc1Br. The molecule has 1 aromatic carbocycles. The Bertz CT molecular complexity index is 423. The predicted molar refractivity (Wildman–Crippen MR) is 90.6 cm³/mol. The Labute approximate surface area is 131 Å². The molecular weight excluding hydrogens is 314 g/mol. The molecule has 0 saturated heterocycles. The summed E-state index contributed by atoms with van der Waals surface area (Å²) in [7, 11) is 0. The summed E-state index contributed by atoms with van der Waals surface area (Å²) in [4.78, 5) is 2.29. The third-order valence-corrected chi connectivity index (χ3v) is 3.60. The molecule has 0 N–H and O–H groups in total. The number of halogens is 1. The van der Waals surface area contributed by atoms with Crippen molar-refractivity contribution in [2.45, 2.75) is 20.3 Å². The second kappa shape index (κ2) is 8.98. The first-order chi connectivity index (χ1) is 9.58. The third-order valence-electron chi connectivity index (χ3n) is 3.01. The molecule has 1 rings (SSSR count). The van der Waals surface area contributed by atoms with Gasteiger partial charge in [0.1, 0.15) is 5.75 Å². The van der Waals surface area contributed by atoms with Crippen molar-refractivity contribution in [2.24, 2.45) is 0 Å². The van der Waals surface area contributed by atoms with E-state index in [1.807, 2.05) is 12.2 Å². The molecule has 0 aromatic heterocycles. The summed E-state index contributed by atoms with van der Waals surface area (Å²) in [6.07, 6.45) is 4.83. The first kappa shape index (κ1) is 17.0. The zero-order valence-corrected chi connectivity index (χ0v) is 14.1. The van der Waals surface area contributed by atoms with E-state index in [-0.39, 0.29) is 0 Å². The maximum atomic E-state index is 5.90. The lowest BCUT2D eigenvalue weighted by atomic mass is 10.1. The summed E-state index contributed by atoms with van der Waals surface area (Å²) < 4.78 is 6.94. The van der Waals surface area contributed by atoms with Crippen LogP contribution in [0.2, 0.25) is 0 Å². The van der Waals surface area contributed by atoms with E-state index in [1.54, 1.807) is 0 Å². The van der Waals surface area contributed by atoms with Gasteiger partial charge in [0, 0.05) is 19.6 Å². The molecule has 0 aliphatic carbocycles. The van der Waals surface area contributed by atoms with Crippen molar-refractivity contribution >= 4 is 15.9 Å². The molecule has 0 radical (unpaired) electrons. The first-order valence-corrected chi connectivity index (χ1v) is 7.71. The highest BCUT2D eigenvalue weighted by Crippen LogP contribution is 2.30. The smallest absolute Gasteiger partial charge is 0.136 e. The van der Waals surface area contributed by atoms with Gasteiger partial charge in [-0.15, -0.1) is 13.2 Å². The molecule has 0 spiro atoms. The Balaban J connectivity index is 2.44. The van der Waals surface area contributed by atoms with E-state index in [2.05, 4.69) is 60.0 Å². The van der Waals surface area contributed by atoms with Crippen LogP contribution in [0.1, 0.15) is 17.5 Å². The molecule has 0 aliphatic heterocycles. The van der Waals surface area contributed by atoms with Crippen LogP contribution in [-0.2, 0) is 0 Å². The molecule has 0 saturated carbocycles. The van der Waals surface area contributed by atoms with Gasteiger partial charge in [0.15, 0.2) is 0 Å². The van der Waals surface area contributed by atoms with E-state index in [9.17, 15) is 0 Å². The van der Waals surface area contributed by atoms with Gasteiger partial charge in [0.25, 0.3) is 0 Å². The number of hydrogen-bond donors (Lipinski definition) is 0. The highest BCUT2D eigenvalue weighted by Gasteiger charge is 2.07. The van der Waals surface area contributed by atoms with Gasteiger partial charge in [-0.2, -0.15) is 0 Å². The second-order valence-electron chi connectivity index (χ2n) is 4.93. The van der Waals surface area contributed by atoms with Crippen LogP contribution in [0.25, 0.3) is 0 Å². The summed E-state index contributed by atoms with van der Waals surface area (Å²) >= 11 is 3.57. The summed E-state index contributed by atoms with van der Waals surface area (Å²) in [5, 5.41) is 0. The number of hydrogen-bond acceptors (Lipinski definition) is 2. The van der Waals surface area contributed by atoms with Gasteiger partial charge in [0.05, 0.1) is 11.1 Å². The van der Waals surface area contributed by atoms with E-state index in [4.69, 9.17) is 4.74 Å². The van der Waals surface area contributed by atoms with E-state index in [0.29, 0.717) is 6.61 Å². The summed E-state index contributed by atoms with van der Waals surface area (Å²) in [6.45, 7) is 15.2. The number of benzene rings is 1. The van der Waals surface area contributed by atoms with Crippen molar-refractivity contribution in [2.75, 3.05) is 26.2 Å². The molecule has 1 aromatic rings. The van der Waals surface area contributed by atoms with Gasteiger partial charge in [-0.1, -0.05) is 18.2 Å². The summed E-state index contributed by atoms with van der Waals surface area (Å²) in [6, 6.07) is 4.23. The van der Waals surface area contributed by atoms with Crippen LogP contribution in [-0.4, -0.2) is 31.1 Å². The lowest BCUT2D eigenvalue weighted by Crippen LogP contribution is -2.26. The second-order valence-corrected chi connectivity index (χ2v) is 5.79. The van der Waals surface area contributed by atoms with Crippen molar-refractivity contribution in [3.63, 3.8) is 0 Å². The van der Waals surface area contributed by atoms with Crippen molar-refractivity contribution in [3.8, 4) is 5.75 Å². The zero-order valence-electron chi connectivity index (χ0n) is 12.5. The van der Waals surface area contributed by atoms with Gasteiger partial charge >= 0.3 is 0 Å². The van der Waals surface area contributed by atoms with Crippen LogP contribution in [0.3, 0.4) is 0 Å². The highest BCUT2D eigenvalue weighted by molar-refractivity contribution is 9.10. The molecule has 0 amide bonds. The van der Waals surface area contributed by atoms with Gasteiger partial charge in [0.2, 0.25) is 0 Å². The largest absolute Gasteiger partial charge is 0.492 e. The number of rotatable bonds is 9. The Morgan fingerprint density at radius 3 is 2.40 bits per heavy atom. The fraction of sp³-hybridized carbons (Fsp3) is 0.412. The summed E-state index contributed by atoms with van der Waals surface area (Å²) in [5.74, 6) is 0.953. The van der Waals surface area contributed by atoms with Gasteiger partial charge in [-0.05, 0) is 53.4 Å². The number of ether oxygens (including phenoxy) is 1. The number of aryl methyl sites for hydroxylation is 2. The van der Waals surface area contributed by atoms with Gasteiger partial charge in [-0.25, -0.2) is 0 Å². The minimum absolute atomic E-state index is 0.716. The molecule has 2 nitrogen and oxygen atoms in total. The van der Waals surface area contributed by atoms with Crippen LogP contribution >= 0.6 is 15.9 Å². The fourth-order valence-electron chi connectivity index (χ4n) is 2.17. The summed E-state index contributed by atoms with van der Waals surface area (Å²) in [5.41, 5.74) is 2.41. The maximum Gasteiger partial charge on any atom is 0.136 e. The third kappa shape index (κ3) is 5.51. The Kier molecular flexibility index (Phi) is 7.63. The lowest BCUT2D eigenvalue weighted by molar-refractivity contribution is 0.260. The molecule has 3 heteroatoms. The number of nitrogens with zero attached hydrogens (tertiary/aromatic N) is 1. The monoisotopic (exact) mass is 337 g/mol. The van der Waals surface area contributed by atoms with Crippen LogP contribution in [0.4, 0.5) is 0 Å². The minimum atomic E-state index is 0.716. The van der Waals surface area contributed by atoms with Crippen LogP contribution in [0, 0.1) is 13.8 Å². The van der Waals surface area contributed by atoms with Crippen molar-refractivity contribution in [3.05, 3.63) is 53.0 Å². The molecule has 110 valence electrons. The minimum Gasteiger partial charge on any atom is -0.492 e. The normalized spacial score (nSPS) is 10.6. The molecule has 0 aliphatic rings. The van der Waals surface area contributed by atoms with Gasteiger partial charge in [-0.3, -0.25) is 4.90 Å². The van der Waals surface area contributed by atoms with Crippen LogP contribution in [0.5, 0.6) is 5.75 Å². The Morgan fingerprint density at radius 1 is 1.20 bits per heavy atom. The van der Waals surface area contributed by atoms with E-state index >= 15 is 0 Å². The van der Waals surface area contributed by atoms with E-state index in [1.165, 1.54) is 11.1 Å². The Hall–Kier alpha value is -1.06.